The van der Waals surface area contributed by atoms with Crippen molar-refractivity contribution in [2.75, 3.05) is 6.54 Å². The highest BCUT2D eigenvalue weighted by Gasteiger charge is 2.41. The summed E-state index contributed by atoms with van der Waals surface area (Å²) in [6.45, 7) is 2.76. The normalized spacial score (nSPS) is 21.5. The lowest BCUT2D eigenvalue weighted by Gasteiger charge is -2.26. The van der Waals surface area contributed by atoms with Crippen LogP contribution < -0.4 is 0 Å². The van der Waals surface area contributed by atoms with Crippen LogP contribution in [0.3, 0.4) is 0 Å². The van der Waals surface area contributed by atoms with Crippen molar-refractivity contribution in [3.8, 4) is 17.4 Å². The van der Waals surface area contributed by atoms with Crippen molar-refractivity contribution in [1.82, 2.24) is 24.6 Å². The molecule has 5 rings (SSSR count). The fourth-order valence-electron chi connectivity index (χ4n) is 4.16. The predicted molar refractivity (Wildman–Crippen MR) is 93.8 cm³/mol. The molecule has 1 amide bonds. The second-order valence-electron chi connectivity index (χ2n) is 7.07. The third-order valence-corrected chi connectivity index (χ3v) is 5.52. The SMILES string of the molecule is Cc1c(C(=O)N2C[C@H]3CC[C@H]2C3)cnn1-c1nccc(-c2ccco2)n1. The van der Waals surface area contributed by atoms with Gasteiger partial charge in [-0.1, -0.05) is 0 Å². The number of furan rings is 1. The van der Waals surface area contributed by atoms with E-state index < -0.39 is 0 Å². The topological polar surface area (TPSA) is 77.0 Å². The lowest BCUT2D eigenvalue weighted by atomic mass is 10.1. The first-order valence-electron chi connectivity index (χ1n) is 8.93. The molecular formula is C19H19N5O2. The van der Waals surface area contributed by atoms with Crippen LogP contribution in [0.2, 0.25) is 0 Å². The number of hydrogen-bond acceptors (Lipinski definition) is 5. The van der Waals surface area contributed by atoms with Gasteiger partial charge in [-0.2, -0.15) is 5.10 Å². The van der Waals surface area contributed by atoms with Gasteiger partial charge in [-0.25, -0.2) is 14.6 Å². The van der Waals surface area contributed by atoms with E-state index in [0.29, 0.717) is 34.9 Å². The molecule has 0 spiro atoms. The number of rotatable bonds is 3. The van der Waals surface area contributed by atoms with E-state index in [-0.39, 0.29) is 5.91 Å². The van der Waals surface area contributed by atoms with Gasteiger partial charge in [-0.3, -0.25) is 4.79 Å². The Hall–Kier alpha value is -2.96. The molecule has 0 N–H and O–H groups in total. The summed E-state index contributed by atoms with van der Waals surface area (Å²) in [7, 11) is 0. The Bertz CT molecular complexity index is 962. The fourth-order valence-corrected chi connectivity index (χ4v) is 4.16. The van der Waals surface area contributed by atoms with Crippen LogP contribution in [0.25, 0.3) is 17.4 Å². The highest BCUT2D eigenvalue weighted by molar-refractivity contribution is 5.95. The maximum Gasteiger partial charge on any atom is 0.257 e. The molecule has 0 unspecified atom stereocenters. The first kappa shape index (κ1) is 15.3. The Morgan fingerprint density at radius 3 is 2.96 bits per heavy atom. The quantitative estimate of drug-likeness (QED) is 0.727. The van der Waals surface area contributed by atoms with E-state index >= 15 is 0 Å². The van der Waals surface area contributed by atoms with Crippen molar-refractivity contribution in [1.29, 1.82) is 0 Å². The molecular weight excluding hydrogens is 330 g/mol. The van der Waals surface area contributed by atoms with Gasteiger partial charge in [-0.15, -0.1) is 0 Å². The standard InChI is InChI=1S/C19H19N5O2/c1-12-15(18(25)23-11-13-4-5-14(23)9-13)10-21-24(12)19-20-7-6-16(22-19)17-3-2-8-26-17/h2-3,6-8,10,13-14H,4-5,9,11H2,1H3/t13-,14-/m0/s1. The van der Waals surface area contributed by atoms with Gasteiger partial charge in [0.05, 0.1) is 23.7 Å². The zero-order valence-electron chi connectivity index (χ0n) is 14.5. The first-order valence-corrected chi connectivity index (χ1v) is 8.93. The number of amides is 1. The van der Waals surface area contributed by atoms with Gasteiger partial charge in [0, 0.05) is 18.8 Å². The van der Waals surface area contributed by atoms with Gasteiger partial charge in [-0.05, 0) is 50.3 Å². The van der Waals surface area contributed by atoms with Gasteiger partial charge in [0.2, 0.25) is 0 Å². The summed E-state index contributed by atoms with van der Waals surface area (Å²) in [5.74, 6) is 1.84. The van der Waals surface area contributed by atoms with Crippen molar-refractivity contribution in [2.45, 2.75) is 32.2 Å². The number of piperidine rings is 1. The summed E-state index contributed by atoms with van der Waals surface area (Å²) >= 11 is 0. The largest absolute Gasteiger partial charge is 0.463 e. The molecule has 3 aromatic heterocycles. The number of likely N-dealkylation sites (tertiary alicyclic amines) is 1. The van der Waals surface area contributed by atoms with Crippen LogP contribution in [-0.4, -0.2) is 43.1 Å². The summed E-state index contributed by atoms with van der Waals surface area (Å²) in [6, 6.07) is 5.85. The molecule has 2 aliphatic rings. The molecule has 2 fully saturated rings. The summed E-state index contributed by atoms with van der Waals surface area (Å²) in [4.78, 5) is 23.8. The molecule has 0 radical (unpaired) electrons. The predicted octanol–water partition coefficient (Wildman–Crippen LogP) is 2.86. The van der Waals surface area contributed by atoms with Gasteiger partial charge >= 0.3 is 0 Å². The van der Waals surface area contributed by atoms with E-state index in [9.17, 15) is 4.79 Å². The van der Waals surface area contributed by atoms with E-state index in [1.807, 2.05) is 24.0 Å². The number of carbonyl (C=O) groups is 1. The van der Waals surface area contributed by atoms with Crippen molar-refractivity contribution in [3.05, 3.63) is 48.1 Å². The molecule has 1 saturated carbocycles. The smallest absolute Gasteiger partial charge is 0.257 e. The van der Waals surface area contributed by atoms with Gasteiger partial charge in [0.25, 0.3) is 11.9 Å². The van der Waals surface area contributed by atoms with Crippen LogP contribution >= 0.6 is 0 Å². The van der Waals surface area contributed by atoms with Crippen molar-refractivity contribution in [3.63, 3.8) is 0 Å². The second kappa shape index (κ2) is 5.79. The summed E-state index contributed by atoms with van der Waals surface area (Å²) < 4.78 is 7.02. The highest BCUT2D eigenvalue weighted by Crippen LogP contribution is 2.38. The van der Waals surface area contributed by atoms with Crippen LogP contribution in [0.5, 0.6) is 0 Å². The van der Waals surface area contributed by atoms with Crippen molar-refractivity contribution in [2.24, 2.45) is 5.92 Å². The molecule has 1 saturated heterocycles. The number of hydrogen-bond donors (Lipinski definition) is 0. The second-order valence-corrected chi connectivity index (χ2v) is 7.07. The van der Waals surface area contributed by atoms with Gasteiger partial charge < -0.3 is 9.32 Å². The van der Waals surface area contributed by atoms with Crippen LogP contribution in [0, 0.1) is 12.8 Å². The molecule has 0 aromatic carbocycles. The summed E-state index contributed by atoms with van der Waals surface area (Å²) in [5, 5.41) is 4.38. The molecule has 7 nitrogen and oxygen atoms in total. The molecule has 1 aliphatic heterocycles. The molecule has 26 heavy (non-hydrogen) atoms. The van der Waals surface area contributed by atoms with E-state index in [0.717, 1.165) is 25.1 Å². The molecule has 7 heteroatoms. The first-order chi connectivity index (χ1) is 12.7. The van der Waals surface area contributed by atoms with Crippen molar-refractivity contribution >= 4 is 5.91 Å². The molecule has 3 aromatic rings. The lowest BCUT2D eigenvalue weighted by Crippen LogP contribution is -2.37. The van der Waals surface area contributed by atoms with Crippen LogP contribution in [-0.2, 0) is 0 Å². The molecule has 4 heterocycles. The van der Waals surface area contributed by atoms with Crippen molar-refractivity contribution < 1.29 is 9.21 Å². The summed E-state index contributed by atoms with van der Waals surface area (Å²) in [5.41, 5.74) is 2.07. The fraction of sp³-hybridized carbons (Fsp3) is 0.368. The minimum absolute atomic E-state index is 0.0724. The molecule has 2 bridgehead atoms. The minimum Gasteiger partial charge on any atom is -0.463 e. The van der Waals surface area contributed by atoms with E-state index in [2.05, 4.69) is 15.1 Å². The zero-order valence-corrected chi connectivity index (χ0v) is 14.5. The molecule has 2 atom stereocenters. The number of aromatic nitrogens is 4. The Morgan fingerprint density at radius 1 is 1.31 bits per heavy atom. The monoisotopic (exact) mass is 349 g/mol. The number of nitrogens with zero attached hydrogens (tertiary/aromatic N) is 5. The van der Waals surface area contributed by atoms with E-state index in [1.165, 1.54) is 6.42 Å². The Kier molecular flexibility index (Phi) is 3.41. The van der Waals surface area contributed by atoms with E-state index in [4.69, 9.17) is 4.42 Å². The highest BCUT2D eigenvalue weighted by atomic mass is 16.3. The molecule has 1 aliphatic carbocycles. The van der Waals surface area contributed by atoms with Gasteiger partial charge in [0.15, 0.2) is 5.76 Å². The Labute approximate surface area is 150 Å². The van der Waals surface area contributed by atoms with Crippen LogP contribution in [0.1, 0.15) is 35.3 Å². The minimum atomic E-state index is 0.0724. The average molecular weight is 349 g/mol. The third-order valence-electron chi connectivity index (χ3n) is 5.52. The zero-order chi connectivity index (χ0) is 17.7. The summed E-state index contributed by atoms with van der Waals surface area (Å²) in [6.07, 6.45) is 8.43. The third kappa shape index (κ3) is 2.34. The number of fused-ring (bicyclic) bond motifs is 2. The van der Waals surface area contributed by atoms with Gasteiger partial charge in [0.1, 0.15) is 5.69 Å². The Morgan fingerprint density at radius 2 is 2.23 bits per heavy atom. The maximum absolute atomic E-state index is 13.0. The van der Waals surface area contributed by atoms with Crippen LogP contribution in [0.15, 0.2) is 41.3 Å². The Balaban J connectivity index is 1.47. The van der Waals surface area contributed by atoms with Crippen LogP contribution in [0.4, 0.5) is 0 Å². The lowest BCUT2D eigenvalue weighted by molar-refractivity contribution is 0.0703. The van der Waals surface area contributed by atoms with E-state index in [1.54, 1.807) is 29.4 Å². The average Bonchev–Trinajstić information content (AvgIpc) is 3.45. The maximum atomic E-state index is 13.0. The number of carbonyl (C=O) groups excluding carboxylic acids is 1. The molecule has 132 valence electrons.